The van der Waals surface area contributed by atoms with Gasteiger partial charge in [0.05, 0.1) is 0 Å². The Labute approximate surface area is 162 Å². The first-order valence-electron chi connectivity index (χ1n) is 9.60. The Bertz CT molecular complexity index is 210. The summed E-state index contributed by atoms with van der Waals surface area (Å²) < 4.78 is 43.4. The predicted octanol–water partition coefficient (Wildman–Crippen LogP) is 3.14. The van der Waals surface area contributed by atoms with Crippen LogP contribution in [0.25, 0.3) is 0 Å². The molecule has 0 rings (SSSR count). The third-order valence-corrected chi connectivity index (χ3v) is 7.71. The van der Waals surface area contributed by atoms with E-state index in [4.69, 9.17) is 35.4 Å². The molecule has 0 aliphatic rings. The number of hydrogen-bond donors (Lipinski definition) is 0. The van der Waals surface area contributed by atoms with E-state index < -0.39 is 18.1 Å². The van der Waals surface area contributed by atoms with Crippen molar-refractivity contribution in [3.63, 3.8) is 0 Å². The lowest BCUT2D eigenvalue weighted by atomic mass is 10.9. The van der Waals surface area contributed by atoms with Crippen LogP contribution < -0.4 is 0 Å². The summed E-state index contributed by atoms with van der Waals surface area (Å²) in [5.74, 6) is 0. The van der Waals surface area contributed by atoms with Gasteiger partial charge in [-0.2, -0.15) is 0 Å². The van der Waals surface area contributed by atoms with Gasteiger partial charge < -0.3 is 35.4 Å². The Morgan fingerprint density at radius 2 is 0.423 bits per heavy atom. The van der Waals surface area contributed by atoms with Crippen molar-refractivity contribution in [2.45, 2.75) is 55.4 Å². The van der Waals surface area contributed by atoms with E-state index in [1.165, 1.54) is 0 Å². The van der Waals surface area contributed by atoms with Gasteiger partial charge >= 0.3 is 18.1 Å². The van der Waals surface area contributed by atoms with Crippen LogP contribution in [-0.4, -0.2) is 71.0 Å². The van der Waals surface area contributed by atoms with Gasteiger partial charge in [-0.3, -0.25) is 0 Å². The number of hydrogen-bond acceptors (Lipinski definition) is 8. The van der Waals surface area contributed by atoms with Crippen molar-refractivity contribution in [2.24, 2.45) is 0 Å². The Balaban J connectivity index is 0. The van der Waals surface area contributed by atoms with Gasteiger partial charge in [0, 0.05) is 52.9 Å². The van der Waals surface area contributed by atoms with Crippen LogP contribution in [0.15, 0.2) is 0 Å². The lowest BCUT2D eigenvalue weighted by molar-refractivity contribution is -0.0257. The predicted molar refractivity (Wildman–Crippen MR) is 105 cm³/mol. The average Bonchev–Trinajstić information content (AvgIpc) is 2.57. The van der Waals surface area contributed by atoms with Crippen molar-refractivity contribution in [3.8, 4) is 0 Å². The Morgan fingerprint density at radius 1 is 0.308 bits per heavy atom. The minimum atomic E-state index is -2.80. The van der Waals surface area contributed by atoms with E-state index in [1.807, 2.05) is 55.4 Å². The summed E-state index contributed by atoms with van der Waals surface area (Å²) in [7, 11) is -5.59. The molecule has 0 heterocycles. The Hall–Kier alpha value is 0.114. The first kappa shape index (κ1) is 28.3. The molecule has 0 bridgehead atoms. The summed E-state index contributed by atoms with van der Waals surface area (Å²) in [5.41, 5.74) is 0. The second-order valence-electron chi connectivity index (χ2n) is 4.46. The maximum Gasteiger partial charge on any atom is 0.679 e. The van der Waals surface area contributed by atoms with E-state index in [9.17, 15) is 0 Å². The maximum atomic E-state index is 5.42. The standard InChI is InChI=1S/2C8H20O4Si/c2*1-5-9-13(10-6-2,11-7-3)12-8-4/h2*5-8H2,1-4H3. The van der Waals surface area contributed by atoms with Crippen molar-refractivity contribution in [2.75, 3.05) is 52.9 Å². The molecule has 0 radical (unpaired) electrons. The SMILES string of the molecule is CCO[Si](OCC)(OCC)OCC.CCO[Si](OCC)(OCC)OCC. The first-order chi connectivity index (χ1) is 12.5. The van der Waals surface area contributed by atoms with E-state index in [0.717, 1.165) is 0 Å². The summed E-state index contributed by atoms with van der Waals surface area (Å²) >= 11 is 0. The second-order valence-corrected chi connectivity index (χ2v) is 8.77. The topological polar surface area (TPSA) is 73.8 Å². The Kier molecular flexibility index (Phi) is 20.1. The van der Waals surface area contributed by atoms with Crippen molar-refractivity contribution in [1.82, 2.24) is 0 Å². The zero-order valence-corrected chi connectivity index (χ0v) is 19.9. The van der Waals surface area contributed by atoms with Gasteiger partial charge in [0.1, 0.15) is 0 Å². The molecular weight excluding hydrogens is 376 g/mol. The zero-order chi connectivity index (χ0) is 20.3. The zero-order valence-electron chi connectivity index (χ0n) is 17.9. The highest BCUT2D eigenvalue weighted by Gasteiger charge is 2.45. The van der Waals surface area contributed by atoms with Crippen LogP contribution in [-0.2, 0) is 35.4 Å². The molecule has 0 aliphatic heterocycles. The summed E-state index contributed by atoms with van der Waals surface area (Å²) in [6, 6.07) is 0. The molecule has 0 aromatic carbocycles. The molecule has 0 atom stereocenters. The van der Waals surface area contributed by atoms with Crippen molar-refractivity contribution < 1.29 is 35.4 Å². The third-order valence-electron chi connectivity index (χ3n) is 2.57. The van der Waals surface area contributed by atoms with Crippen LogP contribution in [0.5, 0.6) is 0 Å². The molecule has 0 spiro atoms. The van der Waals surface area contributed by atoms with E-state index in [1.54, 1.807) is 0 Å². The first-order valence-corrected chi connectivity index (χ1v) is 12.9. The highest BCUT2D eigenvalue weighted by atomic mass is 28.4. The molecule has 10 heteroatoms. The molecule has 0 aromatic heterocycles. The summed E-state index contributed by atoms with van der Waals surface area (Å²) in [4.78, 5) is 0. The molecule has 0 saturated heterocycles. The van der Waals surface area contributed by atoms with Gasteiger partial charge in [-0.15, -0.1) is 0 Å². The molecule has 0 unspecified atom stereocenters. The van der Waals surface area contributed by atoms with Gasteiger partial charge in [-0.25, -0.2) is 0 Å². The Morgan fingerprint density at radius 3 is 0.500 bits per heavy atom. The van der Waals surface area contributed by atoms with Crippen molar-refractivity contribution in [1.29, 1.82) is 0 Å². The summed E-state index contributed by atoms with van der Waals surface area (Å²) in [5, 5.41) is 0. The largest absolute Gasteiger partial charge is 0.679 e. The van der Waals surface area contributed by atoms with E-state index in [-0.39, 0.29) is 0 Å². The fourth-order valence-electron chi connectivity index (χ4n) is 1.91. The van der Waals surface area contributed by atoms with Crippen LogP contribution in [0, 0.1) is 0 Å². The molecule has 8 nitrogen and oxygen atoms in total. The van der Waals surface area contributed by atoms with E-state index >= 15 is 0 Å². The van der Waals surface area contributed by atoms with Crippen LogP contribution in [0.1, 0.15) is 55.4 Å². The monoisotopic (exact) mass is 416 g/mol. The fourth-order valence-corrected chi connectivity index (χ4v) is 5.74. The second kappa shape index (κ2) is 18.5. The molecule has 0 amide bonds. The molecule has 0 aromatic rings. The number of rotatable bonds is 16. The van der Waals surface area contributed by atoms with Gasteiger partial charge in [0.15, 0.2) is 0 Å². The van der Waals surface area contributed by atoms with Crippen LogP contribution >= 0.6 is 0 Å². The fraction of sp³-hybridized carbons (Fsp3) is 1.00. The van der Waals surface area contributed by atoms with Crippen LogP contribution in [0.4, 0.5) is 0 Å². The lowest BCUT2D eigenvalue weighted by Crippen LogP contribution is -2.49. The quantitative estimate of drug-likeness (QED) is 0.355. The third kappa shape index (κ3) is 12.5. The summed E-state index contributed by atoms with van der Waals surface area (Å²) in [6.45, 7) is 19.6. The molecule has 0 N–H and O–H groups in total. The summed E-state index contributed by atoms with van der Waals surface area (Å²) in [6.07, 6.45) is 0. The highest BCUT2D eigenvalue weighted by molar-refractivity contribution is 6.53. The van der Waals surface area contributed by atoms with Crippen molar-refractivity contribution >= 4 is 18.1 Å². The lowest BCUT2D eigenvalue weighted by Gasteiger charge is -2.26. The molecule has 26 heavy (non-hydrogen) atoms. The van der Waals surface area contributed by atoms with Gasteiger partial charge in [-0.05, 0) is 55.4 Å². The molecule has 0 aliphatic carbocycles. The van der Waals surface area contributed by atoms with Gasteiger partial charge in [0.2, 0.25) is 0 Å². The molecule has 160 valence electrons. The van der Waals surface area contributed by atoms with Crippen LogP contribution in [0.3, 0.4) is 0 Å². The van der Waals surface area contributed by atoms with E-state index in [2.05, 4.69) is 0 Å². The highest BCUT2D eigenvalue weighted by Crippen LogP contribution is 2.12. The molecule has 0 fully saturated rings. The average molecular weight is 417 g/mol. The normalized spacial score (nSPS) is 12.0. The smallest absolute Gasteiger partial charge is 0.351 e. The van der Waals surface area contributed by atoms with Gasteiger partial charge in [-0.1, -0.05) is 0 Å². The van der Waals surface area contributed by atoms with E-state index in [0.29, 0.717) is 52.9 Å². The molecule has 0 saturated carbocycles. The minimum absolute atomic E-state index is 0.548. The van der Waals surface area contributed by atoms with Gasteiger partial charge in [0.25, 0.3) is 0 Å². The van der Waals surface area contributed by atoms with Crippen molar-refractivity contribution in [3.05, 3.63) is 0 Å². The molecular formula is C16H40O8Si2. The minimum Gasteiger partial charge on any atom is -0.351 e. The maximum absolute atomic E-state index is 5.42. The van der Waals surface area contributed by atoms with Crippen LogP contribution in [0.2, 0.25) is 0 Å².